The molecule has 0 bridgehead atoms. The van der Waals surface area contributed by atoms with E-state index < -0.39 is 5.91 Å². The zero-order valence-corrected chi connectivity index (χ0v) is 14.0. The molecule has 1 aromatic carbocycles. The van der Waals surface area contributed by atoms with E-state index >= 15 is 0 Å². The topological polar surface area (TPSA) is 90.4 Å². The minimum Gasteiger partial charge on any atom is -0.490 e. The molecule has 4 aromatic rings. The maximum Gasteiger partial charge on any atom is 0.322 e. The summed E-state index contributed by atoms with van der Waals surface area (Å²) in [5.41, 5.74) is 0.527. The molecule has 4 rings (SSSR count). The number of carbonyl (C=O) groups is 1. The molecule has 25 heavy (non-hydrogen) atoms. The number of furan rings is 1. The van der Waals surface area contributed by atoms with E-state index in [2.05, 4.69) is 15.5 Å². The summed E-state index contributed by atoms with van der Waals surface area (Å²) >= 11 is 1.47. The smallest absolute Gasteiger partial charge is 0.322 e. The lowest BCUT2D eigenvalue weighted by atomic mass is 10.2. The second kappa shape index (κ2) is 6.40. The first-order chi connectivity index (χ1) is 12.2. The number of anilines is 1. The second-order valence-electron chi connectivity index (χ2n) is 5.06. The van der Waals surface area contributed by atoms with Crippen molar-refractivity contribution in [2.75, 3.05) is 11.9 Å². The summed E-state index contributed by atoms with van der Waals surface area (Å²) in [6.07, 6.45) is 0. The van der Waals surface area contributed by atoms with Crippen LogP contribution >= 0.6 is 11.3 Å². The van der Waals surface area contributed by atoms with Gasteiger partial charge in [0.05, 0.1) is 11.5 Å². The fourth-order valence-corrected chi connectivity index (χ4v) is 2.99. The molecule has 1 amide bonds. The largest absolute Gasteiger partial charge is 0.490 e. The number of hydrogen-bond acceptors (Lipinski definition) is 7. The number of carbonyl (C=O) groups excluding carboxylic acids is 1. The summed E-state index contributed by atoms with van der Waals surface area (Å²) in [6, 6.07) is 10.9. The maximum absolute atomic E-state index is 12.4. The molecule has 0 aliphatic rings. The third-order valence-electron chi connectivity index (χ3n) is 3.41. The summed E-state index contributed by atoms with van der Waals surface area (Å²) in [5.74, 6) is 0.614. The van der Waals surface area contributed by atoms with Gasteiger partial charge in [-0.25, -0.2) is 0 Å². The van der Waals surface area contributed by atoms with E-state index in [1.807, 2.05) is 36.6 Å². The number of aromatic nitrogens is 2. The van der Waals surface area contributed by atoms with Crippen molar-refractivity contribution in [3.05, 3.63) is 47.5 Å². The number of benzene rings is 1. The summed E-state index contributed by atoms with van der Waals surface area (Å²) in [5, 5.41) is 13.0. The first-order valence-electron chi connectivity index (χ1n) is 7.58. The first kappa shape index (κ1) is 15.4. The van der Waals surface area contributed by atoms with E-state index in [1.165, 1.54) is 11.3 Å². The fourth-order valence-electron chi connectivity index (χ4n) is 2.35. The monoisotopic (exact) mass is 355 g/mol. The lowest BCUT2D eigenvalue weighted by Gasteiger charge is -2.02. The van der Waals surface area contributed by atoms with Gasteiger partial charge in [-0.05, 0) is 30.5 Å². The molecule has 0 saturated heterocycles. The minimum atomic E-state index is -0.472. The van der Waals surface area contributed by atoms with Crippen molar-refractivity contribution in [2.45, 2.75) is 6.92 Å². The highest BCUT2D eigenvalue weighted by atomic mass is 32.1. The van der Waals surface area contributed by atoms with Crippen LogP contribution in [0.1, 0.15) is 17.5 Å². The third-order valence-corrected chi connectivity index (χ3v) is 4.27. The van der Waals surface area contributed by atoms with Gasteiger partial charge in [-0.3, -0.25) is 10.1 Å². The van der Waals surface area contributed by atoms with E-state index in [9.17, 15) is 4.79 Å². The van der Waals surface area contributed by atoms with Crippen LogP contribution in [0.5, 0.6) is 5.75 Å². The fraction of sp³-hybridized carbons (Fsp3) is 0.118. The predicted octanol–water partition coefficient (Wildman–Crippen LogP) is 4.20. The van der Waals surface area contributed by atoms with Crippen molar-refractivity contribution in [1.29, 1.82) is 0 Å². The molecule has 126 valence electrons. The van der Waals surface area contributed by atoms with Gasteiger partial charge in [0, 0.05) is 5.39 Å². The molecule has 0 aliphatic carbocycles. The number of thiophene rings is 1. The van der Waals surface area contributed by atoms with Gasteiger partial charge in [0.25, 0.3) is 11.8 Å². The van der Waals surface area contributed by atoms with E-state index in [0.717, 1.165) is 10.3 Å². The van der Waals surface area contributed by atoms with Crippen LogP contribution in [0.25, 0.3) is 21.7 Å². The van der Waals surface area contributed by atoms with Crippen LogP contribution in [-0.4, -0.2) is 22.7 Å². The van der Waals surface area contributed by atoms with E-state index in [-0.39, 0.29) is 11.8 Å². The molecule has 0 saturated carbocycles. The molecule has 0 radical (unpaired) electrons. The van der Waals surface area contributed by atoms with Crippen LogP contribution < -0.4 is 10.1 Å². The summed E-state index contributed by atoms with van der Waals surface area (Å²) in [7, 11) is 0. The summed E-state index contributed by atoms with van der Waals surface area (Å²) in [4.78, 5) is 13.2. The molecular formula is C17H13N3O4S. The number of para-hydroxylation sites is 1. The number of amides is 1. The molecule has 0 atom stereocenters. The van der Waals surface area contributed by atoms with E-state index in [1.54, 1.807) is 12.1 Å². The number of nitrogens with zero attached hydrogens (tertiary/aromatic N) is 2. The van der Waals surface area contributed by atoms with Crippen LogP contribution in [0.3, 0.4) is 0 Å². The predicted molar refractivity (Wildman–Crippen MR) is 92.9 cm³/mol. The maximum atomic E-state index is 12.4. The Hall–Kier alpha value is -3.13. The normalized spacial score (nSPS) is 10.9. The van der Waals surface area contributed by atoms with Crippen molar-refractivity contribution in [3.63, 3.8) is 0 Å². The van der Waals surface area contributed by atoms with Crippen molar-refractivity contribution >= 4 is 34.2 Å². The number of nitrogens with one attached hydrogen (secondary N) is 1. The quantitative estimate of drug-likeness (QED) is 0.577. The molecule has 0 aliphatic heterocycles. The lowest BCUT2D eigenvalue weighted by Crippen LogP contribution is -2.10. The standard InChI is InChI=1S/C17H13N3O4S/c1-2-22-11-6-3-5-10-9-12(23-14(10)11)15(21)18-17-20-19-16(24-17)13-7-4-8-25-13/h3-9H,2H2,1H3,(H,18,20,21). The molecule has 0 fully saturated rings. The Bertz CT molecular complexity index is 1020. The van der Waals surface area contributed by atoms with Gasteiger partial charge in [-0.1, -0.05) is 23.3 Å². The first-order valence-corrected chi connectivity index (χ1v) is 8.46. The van der Waals surface area contributed by atoms with Gasteiger partial charge in [0.15, 0.2) is 17.1 Å². The Morgan fingerprint density at radius 1 is 1.24 bits per heavy atom. The third kappa shape index (κ3) is 2.99. The second-order valence-corrected chi connectivity index (χ2v) is 6.01. The van der Waals surface area contributed by atoms with Gasteiger partial charge < -0.3 is 13.6 Å². The molecule has 0 unspecified atom stereocenters. The van der Waals surface area contributed by atoms with Crippen molar-refractivity contribution in [2.24, 2.45) is 0 Å². The van der Waals surface area contributed by atoms with Gasteiger partial charge in [0.2, 0.25) is 0 Å². The van der Waals surface area contributed by atoms with Crippen LogP contribution in [0.2, 0.25) is 0 Å². The molecule has 1 N–H and O–H groups in total. The van der Waals surface area contributed by atoms with Crippen molar-refractivity contribution < 1.29 is 18.4 Å². The average Bonchev–Trinajstić information content (AvgIpc) is 3.35. The zero-order chi connectivity index (χ0) is 17.2. The zero-order valence-electron chi connectivity index (χ0n) is 13.2. The molecule has 8 heteroatoms. The number of rotatable bonds is 5. The lowest BCUT2D eigenvalue weighted by molar-refractivity contribution is 0.0995. The Balaban J connectivity index is 1.57. The van der Waals surface area contributed by atoms with Gasteiger partial charge in [-0.2, -0.15) is 0 Å². The Labute approximate surface area is 146 Å². The molecule has 3 aromatic heterocycles. The van der Waals surface area contributed by atoms with E-state index in [4.69, 9.17) is 13.6 Å². The van der Waals surface area contributed by atoms with Gasteiger partial charge in [-0.15, -0.1) is 16.4 Å². The Kier molecular flexibility index (Phi) is 3.95. The van der Waals surface area contributed by atoms with Crippen LogP contribution in [0, 0.1) is 0 Å². The van der Waals surface area contributed by atoms with Crippen LogP contribution in [0.4, 0.5) is 6.01 Å². The highest BCUT2D eigenvalue weighted by Crippen LogP contribution is 2.29. The number of hydrogen-bond donors (Lipinski definition) is 1. The van der Waals surface area contributed by atoms with Crippen molar-refractivity contribution in [3.8, 4) is 16.5 Å². The highest BCUT2D eigenvalue weighted by molar-refractivity contribution is 7.13. The van der Waals surface area contributed by atoms with Gasteiger partial charge in [0.1, 0.15) is 0 Å². The number of ether oxygens (including phenoxy) is 1. The molecular weight excluding hydrogens is 342 g/mol. The van der Waals surface area contributed by atoms with E-state index in [0.29, 0.717) is 23.8 Å². The Morgan fingerprint density at radius 3 is 2.96 bits per heavy atom. The molecule has 3 heterocycles. The summed E-state index contributed by atoms with van der Waals surface area (Å²) in [6.45, 7) is 2.39. The van der Waals surface area contributed by atoms with Gasteiger partial charge >= 0.3 is 6.01 Å². The van der Waals surface area contributed by atoms with Crippen molar-refractivity contribution in [1.82, 2.24) is 10.2 Å². The SMILES string of the molecule is CCOc1cccc2cc(C(=O)Nc3nnc(-c4cccs4)o3)oc12. The number of fused-ring (bicyclic) bond motifs is 1. The highest BCUT2D eigenvalue weighted by Gasteiger charge is 2.18. The van der Waals surface area contributed by atoms with Crippen LogP contribution in [-0.2, 0) is 0 Å². The molecule has 7 nitrogen and oxygen atoms in total. The van der Waals surface area contributed by atoms with Crippen LogP contribution in [0.15, 0.2) is 50.6 Å². The minimum absolute atomic E-state index is 0.0129. The average molecular weight is 355 g/mol. The summed E-state index contributed by atoms with van der Waals surface area (Å²) < 4.78 is 16.6. The molecule has 0 spiro atoms. The Morgan fingerprint density at radius 2 is 2.16 bits per heavy atom.